The van der Waals surface area contributed by atoms with E-state index in [0.29, 0.717) is 0 Å². The molecule has 0 aliphatic rings. The van der Waals surface area contributed by atoms with Crippen LogP contribution in [0.2, 0.25) is 0 Å². The molecule has 0 unspecified atom stereocenters. The quantitative estimate of drug-likeness (QED) is 0.854. The van der Waals surface area contributed by atoms with Crippen molar-refractivity contribution in [1.82, 2.24) is 4.90 Å². The normalized spacial score (nSPS) is 10.4. The maximum atomic E-state index is 9.09. The van der Waals surface area contributed by atoms with Crippen LogP contribution in [0.25, 0.3) is 0 Å². The first-order valence-electron chi connectivity index (χ1n) is 6.10. The molecular formula is C16H15BrN2. The van der Waals surface area contributed by atoms with E-state index >= 15 is 0 Å². The number of hydrogen-bond donors (Lipinski definition) is 0. The van der Waals surface area contributed by atoms with Crippen LogP contribution in [0.4, 0.5) is 0 Å². The first-order chi connectivity index (χ1) is 9.20. The van der Waals surface area contributed by atoms with Crippen molar-refractivity contribution < 1.29 is 0 Å². The standard InChI is InChI=1S/C16H15BrN2/c1-19(12-15-8-4-5-9-16(15)17)11-14-7-3-2-6-13(14)10-18/h2-9H,11-12H2,1H3. The maximum Gasteiger partial charge on any atom is 0.0995 e. The molecule has 2 aromatic rings. The second-order valence-corrected chi connectivity index (χ2v) is 5.39. The molecule has 0 aromatic heterocycles. The molecule has 0 N–H and O–H groups in total. The lowest BCUT2D eigenvalue weighted by Crippen LogP contribution is -2.18. The molecule has 0 aliphatic heterocycles. The van der Waals surface area contributed by atoms with Crippen molar-refractivity contribution in [3.05, 3.63) is 69.7 Å². The zero-order valence-corrected chi connectivity index (χ0v) is 12.4. The number of nitriles is 1. The van der Waals surface area contributed by atoms with Gasteiger partial charge in [-0.25, -0.2) is 0 Å². The molecule has 0 bridgehead atoms. The molecule has 19 heavy (non-hydrogen) atoms. The van der Waals surface area contributed by atoms with Crippen molar-refractivity contribution in [2.24, 2.45) is 0 Å². The van der Waals surface area contributed by atoms with E-state index in [-0.39, 0.29) is 0 Å². The van der Waals surface area contributed by atoms with Crippen LogP contribution in [0, 0.1) is 11.3 Å². The van der Waals surface area contributed by atoms with Crippen molar-refractivity contribution in [3.63, 3.8) is 0 Å². The van der Waals surface area contributed by atoms with Gasteiger partial charge in [-0.2, -0.15) is 5.26 Å². The van der Waals surface area contributed by atoms with Crippen LogP contribution in [0.3, 0.4) is 0 Å². The Morgan fingerprint density at radius 2 is 1.58 bits per heavy atom. The Hall–Kier alpha value is -1.63. The lowest BCUT2D eigenvalue weighted by molar-refractivity contribution is 0.318. The Bertz CT molecular complexity index is 602. The summed E-state index contributed by atoms with van der Waals surface area (Å²) in [7, 11) is 2.06. The van der Waals surface area contributed by atoms with E-state index in [1.807, 2.05) is 42.5 Å². The molecule has 0 spiro atoms. The molecule has 0 aliphatic carbocycles. The highest BCUT2D eigenvalue weighted by Crippen LogP contribution is 2.18. The number of benzene rings is 2. The first-order valence-corrected chi connectivity index (χ1v) is 6.90. The van der Waals surface area contributed by atoms with E-state index in [0.717, 1.165) is 28.7 Å². The minimum atomic E-state index is 0.751. The van der Waals surface area contributed by atoms with E-state index < -0.39 is 0 Å². The summed E-state index contributed by atoms with van der Waals surface area (Å²) < 4.78 is 1.12. The summed E-state index contributed by atoms with van der Waals surface area (Å²) in [6.45, 7) is 1.62. The third-order valence-electron chi connectivity index (χ3n) is 2.98. The highest BCUT2D eigenvalue weighted by Gasteiger charge is 2.07. The lowest BCUT2D eigenvalue weighted by atomic mass is 10.1. The predicted molar refractivity (Wildman–Crippen MR) is 80.5 cm³/mol. The highest BCUT2D eigenvalue weighted by molar-refractivity contribution is 9.10. The molecule has 2 nitrogen and oxygen atoms in total. The first kappa shape index (κ1) is 13.8. The van der Waals surface area contributed by atoms with Crippen LogP contribution in [0.5, 0.6) is 0 Å². The fourth-order valence-corrected chi connectivity index (χ4v) is 2.44. The van der Waals surface area contributed by atoms with Crippen LogP contribution in [-0.4, -0.2) is 11.9 Å². The Kier molecular flexibility index (Phi) is 4.73. The predicted octanol–water partition coefficient (Wildman–Crippen LogP) is 3.95. The van der Waals surface area contributed by atoms with Gasteiger partial charge in [0.2, 0.25) is 0 Å². The van der Waals surface area contributed by atoms with Crippen molar-refractivity contribution >= 4 is 15.9 Å². The summed E-state index contributed by atoms with van der Waals surface area (Å²) in [6.07, 6.45) is 0. The van der Waals surface area contributed by atoms with Crippen LogP contribution in [0.15, 0.2) is 53.0 Å². The lowest BCUT2D eigenvalue weighted by Gasteiger charge is -2.18. The molecular weight excluding hydrogens is 300 g/mol. The van der Waals surface area contributed by atoms with E-state index in [1.165, 1.54) is 5.56 Å². The number of hydrogen-bond acceptors (Lipinski definition) is 2. The van der Waals surface area contributed by atoms with Gasteiger partial charge < -0.3 is 0 Å². The van der Waals surface area contributed by atoms with Crippen LogP contribution < -0.4 is 0 Å². The Morgan fingerprint density at radius 1 is 1.00 bits per heavy atom. The summed E-state index contributed by atoms with van der Waals surface area (Å²) in [5.41, 5.74) is 3.07. The third-order valence-corrected chi connectivity index (χ3v) is 3.75. The average molecular weight is 315 g/mol. The van der Waals surface area contributed by atoms with Crippen LogP contribution >= 0.6 is 15.9 Å². The Morgan fingerprint density at radius 3 is 2.26 bits per heavy atom. The van der Waals surface area contributed by atoms with Gasteiger partial charge in [0.15, 0.2) is 0 Å². The van der Waals surface area contributed by atoms with E-state index in [9.17, 15) is 0 Å². The minimum absolute atomic E-state index is 0.751. The van der Waals surface area contributed by atoms with Gasteiger partial charge in [-0.1, -0.05) is 52.3 Å². The average Bonchev–Trinajstić information content (AvgIpc) is 2.42. The molecule has 2 aromatic carbocycles. The third kappa shape index (κ3) is 3.66. The summed E-state index contributed by atoms with van der Waals surface area (Å²) in [6, 6.07) is 18.2. The smallest absolute Gasteiger partial charge is 0.0995 e. The minimum Gasteiger partial charge on any atom is -0.298 e. The second-order valence-electron chi connectivity index (χ2n) is 4.53. The van der Waals surface area contributed by atoms with Crippen LogP contribution in [0.1, 0.15) is 16.7 Å². The zero-order valence-electron chi connectivity index (χ0n) is 10.8. The molecule has 0 heterocycles. The van der Waals surface area contributed by atoms with Crippen molar-refractivity contribution in [3.8, 4) is 6.07 Å². The van der Waals surface area contributed by atoms with E-state index in [2.05, 4.69) is 40.0 Å². The van der Waals surface area contributed by atoms with Crippen molar-refractivity contribution in [2.45, 2.75) is 13.1 Å². The number of halogens is 1. The zero-order chi connectivity index (χ0) is 13.7. The molecule has 2 rings (SSSR count). The van der Waals surface area contributed by atoms with Gasteiger partial charge in [0.25, 0.3) is 0 Å². The van der Waals surface area contributed by atoms with Crippen LogP contribution in [-0.2, 0) is 13.1 Å². The monoisotopic (exact) mass is 314 g/mol. The summed E-state index contributed by atoms with van der Waals surface area (Å²) >= 11 is 3.56. The Balaban J connectivity index is 2.08. The molecule has 0 saturated carbocycles. The highest BCUT2D eigenvalue weighted by atomic mass is 79.9. The second kappa shape index (κ2) is 6.51. The van der Waals surface area contributed by atoms with E-state index in [1.54, 1.807) is 0 Å². The van der Waals surface area contributed by atoms with Gasteiger partial charge in [-0.05, 0) is 30.3 Å². The van der Waals surface area contributed by atoms with Gasteiger partial charge in [0.1, 0.15) is 0 Å². The summed E-state index contributed by atoms with van der Waals surface area (Å²) in [5.74, 6) is 0. The van der Waals surface area contributed by atoms with Crippen molar-refractivity contribution in [2.75, 3.05) is 7.05 Å². The molecule has 96 valence electrons. The van der Waals surface area contributed by atoms with Gasteiger partial charge in [0.05, 0.1) is 11.6 Å². The summed E-state index contributed by atoms with van der Waals surface area (Å²) in [5, 5.41) is 9.09. The number of nitrogens with zero attached hydrogens (tertiary/aromatic N) is 2. The largest absolute Gasteiger partial charge is 0.298 e. The molecule has 3 heteroatoms. The molecule has 0 radical (unpaired) electrons. The number of rotatable bonds is 4. The fourth-order valence-electron chi connectivity index (χ4n) is 2.03. The topological polar surface area (TPSA) is 27.0 Å². The molecule has 0 saturated heterocycles. The van der Waals surface area contributed by atoms with Gasteiger partial charge >= 0.3 is 0 Å². The Labute approximate surface area is 122 Å². The molecule has 0 atom stereocenters. The molecule has 0 amide bonds. The summed E-state index contributed by atoms with van der Waals surface area (Å²) in [4.78, 5) is 2.20. The SMILES string of the molecule is CN(Cc1ccccc1Br)Cc1ccccc1C#N. The van der Waals surface area contributed by atoms with Gasteiger partial charge in [-0.3, -0.25) is 4.90 Å². The van der Waals surface area contributed by atoms with Gasteiger partial charge in [-0.15, -0.1) is 0 Å². The maximum absolute atomic E-state index is 9.09. The van der Waals surface area contributed by atoms with E-state index in [4.69, 9.17) is 5.26 Å². The van der Waals surface area contributed by atoms with Gasteiger partial charge in [0, 0.05) is 17.6 Å². The van der Waals surface area contributed by atoms with Crippen molar-refractivity contribution in [1.29, 1.82) is 5.26 Å². The fraction of sp³-hybridized carbons (Fsp3) is 0.188. The molecule has 0 fully saturated rings.